The Kier molecular flexibility index (Phi) is 6.60. The summed E-state index contributed by atoms with van der Waals surface area (Å²) in [5.41, 5.74) is 9.58. The molecule has 0 N–H and O–H groups in total. The molecule has 0 aliphatic carbocycles. The predicted octanol–water partition coefficient (Wildman–Crippen LogP) is 8.08. The van der Waals surface area contributed by atoms with Crippen LogP contribution < -0.4 is 4.52 Å². The largest absolute Gasteiger partial charge is 0.349 e. The molecule has 9 heteroatoms. The maximum Gasteiger partial charge on any atom is 0.349 e. The first-order chi connectivity index (χ1) is 25.3. The molecule has 0 amide bonds. The van der Waals surface area contributed by atoms with Gasteiger partial charge in [-0.1, -0.05) is 60.7 Å². The van der Waals surface area contributed by atoms with E-state index in [1.54, 1.807) is 0 Å². The minimum Gasteiger partial charge on any atom is -0.277 e. The van der Waals surface area contributed by atoms with Gasteiger partial charge in [-0.25, -0.2) is 19.9 Å². The van der Waals surface area contributed by atoms with Crippen molar-refractivity contribution in [3.63, 3.8) is 0 Å². The highest BCUT2D eigenvalue weighted by Crippen LogP contribution is 2.36. The van der Waals surface area contributed by atoms with Crippen LogP contribution in [-0.4, -0.2) is 38.7 Å². The van der Waals surface area contributed by atoms with Crippen molar-refractivity contribution in [2.75, 3.05) is 0 Å². The number of nitrogens with zero attached hydrogens (tertiary/aromatic N) is 9. The molecule has 0 saturated heterocycles. The van der Waals surface area contributed by atoms with Gasteiger partial charge in [0.05, 0.1) is 5.69 Å². The topological polar surface area (TPSA) is 83.3 Å². The lowest BCUT2D eigenvalue weighted by molar-refractivity contribution is -0.597. The van der Waals surface area contributed by atoms with Crippen molar-refractivity contribution in [3.8, 4) is 51.2 Å². The summed E-state index contributed by atoms with van der Waals surface area (Å²) < 4.78 is 8.45. The number of aromatic nitrogens is 9. The Balaban J connectivity index is 1.31. The minimum atomic E-state index is 0.758. The van der Waals surface area contributed by atoms with Gasteiger partial charge in [-0.3, -0.25) is 9.13 Å². The zero-order valence-corrected chi connectivity index (χ0v) is 27.2. The van der Waals surface area contributed by atoms with E-state index in [-0.39, 0.29) is 0 Å². The summed E-state index contributed by atoms with van der Waals surface area (Å²) in [6.45, 7) is 0. The van der Waals surface area contributed by atoms with E-state index >= 15 is 0 Å². The van der Waals surface area contributed by atoms with E-state index in [1.165, 1.54) is 0 Å². The monoisotopic (exact) mass is 658 g/mol. The molecule has 0 spiro atoms. The van der Waals surface area contributed by atoms with Gasteiger partial charge < -0.3 is 0 Å². The summed E-state index contributed by atoms with van der Waals surface area (Å²) >= 11 is 0. The molecule has 240 valence electrons. The zero-order chi connectivity index (χ0) is 33.7. The highest BCUT2D eigenvalue weighted by molar-refractivity contribution is 5.86. The molecule has 10 aromatic rings. The fourth-order valence-corrected chi connectivity index (χ4v) is 6.81. The molecule has 0 aliphatic heterocycles. The third-order valence-corrected chi connectivity index (χ3v) is 9.02. The van der Waals surface area contributed by atoms with Gasteiger partial charge in [0, 0.05) is 46.5 Å². The highest BCUT2D eigenvalue weighted by atomic mass is 15.4. The lowest BCUT2D eigenvalue weighted by Gasteiger charge is -2.13. The van der Waals surface area contributed by atoms with Gasteiger partial charge in [-0.15, -0.1) is 9.20 Å². The number of rotatable bonds is 6. The van der Waals surface area contributed by atoms with Crippen molar-refractivity contribution in [3.05, 3.63) is 170 Å². The van der Waals surface area contributed by atoms with Crippen LogP contribution in [0.3, 0.4) is 0 Å². The standard InChI is InChI=1S/C42H28N9/c1-4-14-32(15-5-1)49-38(45-35-20-12-23-43-41(35)49)29-26-30(39-46-36-21-13-24-44-42(36)50(39)33-16-6-2-7-17-33)28-31(27-29)40-47-37-22-10-11-25-48(37)51(40)34-18-8-3-9-19-34/h1-28H/q+1. The molecule has 0 radical (unpaired) electrons. The SMILES string of the molecule is c1ccc(-n2c(-c3cc(-c4nc5cccnc5n4-c4ccccc4)cc(-c4nc5cccc[n+]5n4-c4ccccc4)c3)nc3cccnc32)cc1. The Morgan fingerprint density at radius 1 is 0.412 bits per heavy atom. The maximum absolute atomic E-state index is 5.22. The first-order valence-corrected chi connectivity index (χ1v) is 16.7. The van der Waals surface area contributed by atoms with E-state index in [1.807, 2.05) is 116 Å². The number of fused-ring (bicyclic) bond motifs is 3. The molecule has 9 nitrogen and oxygen atoms in total. The van der Waals surface area contributed by atoms with Crippen molar-refractivity contribution in [1.82, 2.24) is 38.7 Å². The molecule has 0 atom stereocenters. The third kappa shape index (κ3) is 4.79. The molecule has 0 saturated carbocycles. The maximum atomic E-state index is 5.22. The average Bonchev–Trinajstić information content (AvgIpc) is 3.91. The number of hydrogen-bond donors (Lipinski definition) is 0. The van der Waals surface area contributed by atoms with Crippen molar-refractivity contribution in [2.24, 2.45) is 0 Å². The molecule has 51 heavy (non-hydrogen) atoms. The molecule has 6 aromatic heterocycles. The van der Waals surface area contributed by atoms with Crippen molar-refractivity contribution < 1.29 is 4.52 Å². The van der Waals surface area contributed by atoms with Crippen LogP contribution in [0.2, 0.25) is 0 Å². The van der Waals surface area contributed by atoms with E-state index in [2.05, 4.69) is 72.9 Å². The van der Waals surface area contributed by atoms with Crippen LogP contribution in [0, 0.1) is 0 Å². The van der Waals surface area contributed by atoms with Crippen LogP contribution in [0.25, 0.3) is 79.2 Å². The van der Waals surface area contributed by atoms with Crippen LogP contribution >= 0.6 is 0 Å². The third-order valence-electron chi connectivity index (χ3n) is 9.02. The van der Waals surface area contributed by atoms with Crippen LogP contribution in [-0.2, 0) is 0 Å². The molecule has 0 bridgehead atoms. The lowest BCUT2D eigenvalue weighted by atomic mass is 10.0. The van der Waals surface area contributed by atoms with Crippen LogP contribution in [0.15, 0.2) is 170 Å². The van der Waals surface area contributed by atoms with Crippen LogP contribution in [0.5, 0.6) is 0 Å². The molecule has 0 fully saturated rings. The zero-order valence-electron chi connectivity index (χ0n) is 27.2. The van der Waals surface area contributed by atoms with Gasteiger partial charge in [0.25, 0.3) is 5.82 Å². The Labute approximate surface area is 292 Å². The lowest BCUT2D eigenvalue weighted by Crippen LogP contribution is -2.31. The first kappa shape index (κ1) is 28.7. The smallest absolute Gasteiger partial charge is 0.277 e. The molecular formula is C42H28N9+. The Bertz CT molecular complexity index is 2530. The summed E-state index contributed by atoms with van der Waals surface area (Å²) in [5, 5.41) is 0. The average molecular weight is 659 g/mol. The Hall–Kier alpha value is -7.26. The fraction of sp³-hybridized carbons (Fsp3) is 0. The Morgan fingerprint density at radius 2 is 0.882 bits per heavy atom. The van der Waals surface area contributed by atoms with Gasteiger partial charge in [0.15, 0.2) is 11.3 Å². The van der Waals surface area contributed by atoms with Crippen LogP contribution in [0.4, 0.5) is 0 Å². The first-order valence-electron chi connectivity index (χ1n) is 16.7. The van der Waals surface area contributed by atoms with Gasteiger partial charge >= 0.3 is 5.65 Å². The summed E-state index contributed by atoms with van der Waals surface area (Å²) in [4.78, 5) is 25.2. The summed E-state index contributed by atoms with van der Waals surface area (Å²) in [7, 11) is 0. The molecule has 0 aliphatic rings. The Morgan fingerprint density at radius 3 is 1.41 bits per heavy atom. The second-order valence-electron chi connectivity index (χ2n) is 12.2. The number of imidazole rings is 2. The van der Waals surface area contributed by atoms with Gasteiger partial charge in [-0.05, 0) is 89.9 Å². The number of hydrogen-bond acceptors (Lipinski definition) is 5. The summed E-state index contributed by atoms with van der Waals surface area (Å²) in [6.07, 6.45) is 5.65. The fourth-order valence-electron chi connectivity index (χ4n) is 6.81. The quantitative estimate of drug-likeness (QED) is 0.169. The second-order valence-corrected chi connectivity index (χ2v) is 12.2. The number of benzene rings is 4. The molecule has 4 aromatic carbocycles. The highest BCUT2D eigenvalue weighted by Gasteiger charge is 2.26. The minimum absolute atomic E-state index is 0.758. The predicted molar refractivity (Wildman–Crippen MR) is 198 cm³/mol. The number of para-hydroxylation sites is 3. The molecule has 0 unspecified atom stereocenters. The van der Waals surface area contributed by atoms with E-state index < -0.39 is 0 Å². The van der Waals surface area contributed by atoms with Gasteiger partial charge in [-0.2, -0.15) is 0 Å². The normalized spacial score (nSPS) is 11.5. The second kappa shape index (κ2) is 11.7. The van der Waals surface area contributed by atoms with E-state index in [9.17, 15) is 0 Å². The molecule has 10 rings (SSSR count). The van der Waals surface area contributed by atoms with E-state index in [4.69, 9.17) is 24.9 Å². The molecular weight excluding hydrogens is 631 g/mol. The summed E-state index contributed by atoms with van der Waals surface area (Å²) in [6, 6.07) is 51.2. The number of pyridine rings is 3. The van der Waals surface area contributed by atoms with Crippen LogP contribution in [0.1, 0.15) is 0 Å². The van der Waals surface area contributed by atoms with Crippen molar-refractivity contribution in [1.29, 1.82) is 0 Å². The molecule has 6 heterocycles. The summed E-state index contributed by atoms with van der Waals surface area (Å²) in [5.74, 6) is 2.29. The van der Waals surface area contributed by atoms with E-state index in [0.717, 1.165) is 79.2 Å². The van der Waals surface area contributed by atoms with Gasteiger partial charge in [0.1, 0.15) is 28.9 Å². The van der Waals surface area contributed by atoms with Gasteiger partial charge in [0.2, 0.25) is 0 Å². The van der Waals surface area contributed by atoms with E-state index in [0.29, 0.717) is 0 Å². The van der Waals surface area contributed by atoms with Crippen molar-refractivity contribution in [2.45, 2.75) is 0 Å². The van der Waals surface area contributed by atoms with Crippen molar-refractivity contribution >= 4 is 28.0 Å².